The highest BCUT2D eigenvalue weighted by Crippen LogP contribution is 2.18. The summed E-state index contributed by atoms with van der Waals surface area (Å²) in [5.74, 6) is 3.07. The number of carbonyl (C=O) groups is 2. The van der Waals surface area contributed by atoms with Crippen LogP contribution in [0.25, 0.3) is 0 Å². The van der Waals surface area contributed by atoms with Gasteiger partial charge in [-0.3, -0.25) is 9.59 Å². The van der Waals surface area contributed by atoms with Gasteiger partial charge >= 0.3 is 0 Å². The molecule has 8 nitrogen and oxygen atoms in total. The highest BCUT2D eigenvalue weighted by atomic mass is 16.5. The van der Waals surface area contributed by atoms with Crippen molar-refractivity contribution >= 4 is 23.2 Å². The summed E-state index contributed by atoms with van der Waals surface area (Å²) in [6.07, 6.45) is 5.45. The Morgan fingerprint density at radius 1 is 0.400 bits per heavy atom. The molecular formula is C37H42N2O6. The molecular weight excluding hydrogens is 568 g/mol. The second-order valence-corrected chi connectivity index (χ2v) is 10.4. The van der Waals surface area contributed by atoms with E-state index in [2.05, 4.69) is 10.6 Å². The summed E-state index contributed by atoms with van der Waals surface area (Å²) in [4.78, 5) is 24.6. The molecule has 8 heteroatoms. The summed E-state index contributed by atoms with van der Waals surface area (Å²) in [5.41, 5.74) is 1.49. The quantitative estimate of drug-likeness (QED) is 0.0988. The first-order chi connectivity index (χ1) is 22.1. The zero-order valence-electron chi connectivity index (χ0n) is 25.6. The second-order valence-electron chi connectivity index (χ2n) is 10.4. The van der Waals surface area contributed by atoms with Gasteiger partial charge in [0.1, 0.15) is 49.4 Å². The lowest BCUT2D eigenvalue weighted by atomic mass is 10.1. The second kappa shape index (κ2) is 19.3. The molecule has 0 fully saturated rings. The Hall–Kier alpha value is -4.98. The number of unbranched alkanes of at least 4 members (excludes halogenated alkanes) is 4. The van der Waals surface area contributed by atoms with Gasteiger partial charge in [0, 0.05) is 24.2 Å². The van der Waals surface area contributed by atoms with Gasteiger partial charge in [0.05, 0.1) is 0 Å². The Morgan fingerprint density at radius 3 is 1.07 bits per heavy atom. The molecule has 2 N–H and O–H groups in total. The summed E-state index contributed by atoms with van der Waals surface area (Å²) in [7, 11) is 0. The smallest absolute Gasteiger partial charge is 0.224 e. The van der Waals surface area contributed by atoms with Crippen LogP contribution < -0.4 is 29.6 Å². The van der Waals surface area contributed by atoms with E-state index in [1.165, 1.54) is 0 Å². The number of ether oxygens (including phenoxy) is 4. The average Bonchev–Trinajstić information content (AvgIpc) is 3.07. The highest BCUT2D eigenvalue weighted by Gasteiger charge is 2.05. The lowest BCUT2D eigenvalue weighted by molar-refractivity contribution is -0.117. The average molecular weight is 611 g/mol. The van der Waals surface area contributed by atoms with Crippen molar-refractivity contribution in [3.63, 3.8) is 0 Å². The Bertz CT molecular complexity index is 1290. The van der Waals surface area contributed by atoms with Crippen LogP contribution in [-0.2, 0) is 9.59 Å². The molecule has 0 aromatic heterocycles. The molecule has 236 valence electrons. The fourth-order valence-corrected chi connectivity index (χ4v) is 4.49. The predicted molar refractivity (Wildman–Crippen MR) is 177 cm³/mol. The molecule has 0 aliphatic rings. The number of amides is 2. The Kier molecular flexibility index (Phi) is 14.1. The van der Waals surface area contributed by atoms with Gasteiger partial charge in [-0.05, 0) is 85.6 Å². The molecule has 45 heavy (non-hydrogen) atoms. The molecule has 0 saturated carbocycles. The first kappa shape index (κ1) is 32.9. The van der Waals surface area contributed by atoms with Gasteiger partial charge in [-0.2, -0.15) is 0 Å². The number of hydrogen-bond acceptors (Lipinski definition) is 6. The minimum absolute atomic E-state index is 0.00348. The largest absolute Gasteiger partial charge is 0.490 e. The maximum absolute atomic E-state index is 12.3. The Balaban J connectivity index is 0.977. The van der Waals surface area contributed by atoms with E-state index in [1.54, 1.807) is 0 Å². The third kappa shape index (κ3) is 13.5. The van der Waals surface area contributed by atoms with Gasteiger partial charge in [0.25, 0.3) is 0 Å². The van der Waals surface area contributed by atoms with Gasteiger partial charge in [-0.15, -0.1) is 0 Å². The van der Waals surface area contributed by atoms with Crippen LogP contribution in [0.5, 0.6) is 23.0 Å². The van der Waals surface area contributed by atoms with Crippen molar-refractivity contribution in [3.8, 4) is 23.0 Å². The number of hydrogen-bond donors (Lipinski definition) is 2. The first-order valence-electron chi connectivity index (χ1n) is 15.6. The van der Waals surface area contributed by atoms with Gasteiger partial charge in [-0.25, -0.2) is 0 Å². The molecule has 0 spiro atoms. The minimum atomic E-state index is -0.00348. The van der Waals surface area contributed by atoms with Crippen molar-refractivity contribution in [3.05, 3.63) is 109 Å². The Morgan fingerprint density at radius 2 is 0.711 bits per heavy atom. The van der Waals surface area contributed by atoms with E-state index in [9.17, 15) is 9.59 Å². The van der Waals surface area contributed by atoms with Crippen molar-refractivity contribution in [1.82, 2.24) is 0 Å². The Labute approximate surface area is 265 Å². The zero-order valence-corrected chi connectivity index (χ0v) is 25.6. The van der Waals surface area contributed by atoms with Crippen LogP contribution in [0.1, 0.15) is 44.9 Å². The van der Waals surface area contributed by atoms with Crippen molar-refractivity contribution in [1.29, 1.82) is 0 Å². The molecule has 0 radical (unpaired) electrons. The van der Waals surface area contributed by atoms with Crippen molar-refractivity contribution in [2.45, 2.75) is 44.9 Å². The van der Waals surface area contributed by atoms with Crippen LogP contribution in [0.4, 0.5) is 11.4 Å². The molecule has 0 heterocycles. The molecule has 0 atom stereocenters. The van der Waals surface area contributed by atoms with Crippen LogP contribution in [-0.4, -0.2) is 38.2 Å². The lowest BCUT2D eigenvalue weighted by Gasteiger charge is -2.10. The normalized spacial score (nSPS) is 10.5. The molecule has 2 amide bonds. The van der Waals surface area contributed by atoms with Crippen LogP contribution in [0.2, 0.25) is 0 Å². The number of nitrogens with one attached hydrogen (secondary N) is 2. The summed E-state index contributed by atoms with van der Waals surface area (Å²) in [6.45, 7) is 1.77. The van der Waals surface area contributed by atoms with E-state index in [0.717, 1.165) is 66.5 Å². The third-order valence-corrected chi connectivity index (χ3v) is 6.81. The third-order valence-electron chi connectivity index (χ3n) is 6.81. The topological polar surface area (TPSA) is 95.1 Å². The SMILES string of the molecule is O=C(CCCCCCCC(=O)Nc1ccc(OCCOc2ccccc2)cc1)Nc1ccc(OCCOc2ccccc2)cc1. The molecule has 0 bridgehead atoms. The summed E-state index contributed by atoms with van der Waals surface area (Å²) in [5, 5.41) is 5.87. The zero-order chi connectivity index (χ0) is 31.4. The molecule has 4 rings (SSSR count). The van der Waals surface area contributed by atoms with Gasteiger partial charge in [-0.1, -0.05) is 55.7 Å². The fourth-order valence-electron chi connectivity index (χ4n) is 4.49. The van der Waals surface area contributed by atoms with Gasteiger partial charge < -0.3 is 29.6 Å². The van der Waals surface area contributed by atoms with E-state index in [1.807, 2.05) is 109 Å². The van der Waals surface area contributed by atoms with Crippen LogP contribution in [0.3, 0.4) is 0 Å². The van der Waals surface area contributed by atoms with E-state index >= 15 is 0 Å². The van der Waals surface area contributed by atoms with Crippen LogP contribution >= 0.6 is 0 Å². The fraction of sp³-hybridized carbons (Fsp3) is 0.297. The van der Waals surface area contributed by atoms with Crippen LogP contribution in [0.15, 0.2) is 109 Å². The monoisotopic (exact) mass is 610 g/mol. The molecule has 0 unspecified atom stereocenters. The van der Waals surface area contributed by atoms with Gasteiger partial charge in [0.15, 0.2) is 0 Å². The number of rotatable bonds is 20. The van der Waals surface area contributed by atoms with Gasteiger partial charge in [0.2, 0.25) is 11.8 Å². The molecule has 0 aliphatic heterocycles. The maximum atomic E-state index is 12.3. The molecule has 4 aromatic carbocycles. The predicted octanol–water partition coefficient (Wildman–Crippen LogP) is 7.91. The van der Waals surface area contributed by atoms with Crippen molar-refractivity contribution < 1.29 is 28.5 Å². The first-order valence-corrected chi connectivity index (χ1v) is 15.6. The lowest BCUT2D eigenvalue weighted by Crippen LogP contribution is -2.12. The van der Waals surface area contributed by atoms with Crippen molar-refractivity contribution in [2.75, 3.05) is 37.1 Å². The minimum Gasteiger partial charge on any atom is -0.490 e. The summed E-state index contributed by atoms with van der Waals surface area (Å²) >= 11 is 0. The molecule has 0 saturated heterocycles. The van der Waals surface area contributed by atoms with E-state index in [0.29, 0.717) is 39.3 Å². The van der Waals surface area contributed by atoms with E-state index in [-0.39, 0.29) is 11.8 Å². The number of anilines is 2. The van der Waals surface area contributed by atoms with Crippen molar-refractivity contribution in [2.24, 2.45) is 0 Å². The number of carbonyl (C=O) groups excluding carboxylic acids is 2. The molecule has 4 aromatic rings. The highest BCUT2D eigenvalue weighted by molar-refractivity contribution is 5.91. The van der Waals surface area contributed by atoms with Crippen LogP contribution in [0, 0.1) is 0 Å². The maximum Gasteiger partial charge on any atom is 0.224 e. The van der Waals surface area contributed by atoms with E-state index < -0.39 is 0 Å². The number of benzene rings is 4. The molecule has 0 aliphatic carbocycles. The standard InChI is InChI=1S/C37H42N2O6/c40-36(38-30-18-22-34(23-19-30)44-28-26-42-32-12-6-4-7-13-32)16-10-2-1-3-11-17-37(41)39-31-20-24-35(25-21-31)45-29-27-43-33-14-8-5-9-15-33/h4-9,12-15,18-25H,1-3,10-11,16-17,26-29H2,(H,38,40)(H,39,41). The summed E-state index contributed by atoms with van der Waals surface area (Å²) in [6, 6.07) is 33.9. The summed E-state index contributed by atoms with van der Waals surface area (Å²) < 4.78 is 22.7. The van der Waals surface area contributed by atoms with E-state index in [4.69, 9.17) is 18.9 Å². The number of para-hydroxylation sites is 2.